The summed E-state index contributed by atoms with van der Waals surface area (Å²) in [5.74, 6) is -0.955. The van der Waals surface area contributed by atoms with Crippen LogP contribution in [-0.4, -0.2) is 72.2 Å². The van der Waals surface area contributed by atoms with Gasteiger partial charge in [0.25, 0.3) is 0 Å². The van der Waals surface area contributed by atoms with Crippen LogP contribution in [-0.2, 0) is 25.7 Å². The standard InChI is InChI=1S/C24H38N4O5/c1-3-18(4-2)24(32)28-12-8-11-21(28)23(31)27-20(22(30)26-14-19(29)13-25)16-33-15-17-9-6-5-7-10-17/h5-7,9-10,18-21,29H,3-4,8,11-16,25H2,1-2H3,(H,26,30)(H,27,31). The maximum absolute atomic E-state index is 13.1. The second kappa shape index (κ2) is 13.9. The summed E-state index contributed by atoms with van der Waals surface area (Å²) >= 11 is 0. The molecular weight excluding hydrogens is 424 g/mol. The monoisotopic (exact) mass is 462 g/mol. The summed E-state index contributed by atoms with van der Waals surface area (Å²) in [5.41, 5.74) is 6.34. The first-order chi connectivity index (χ1) is 15.9. The number of hydrogen-bond acceptors (Lipinski definition) is 6. The van der Waals surface area contributed by atoms with E-state index in [9.17, 15) is 19.5 Å². The summed E-state index contributed by atoms with van der Waals surface area (Å²) in [6, 6.07) is 7.94. The summed E-state index contributed by atoms with van der Waals surface area (Å²) in [7, 11) is 0. The van der Waals surface area contributed by atoms with Crippen molar-refractivity contribution in [3.63, 3.8) is 0 Å². The predicted molar refractivity (Wildman–Crippen MR) is 125 cm³/mol. The quantitative estimate of drug-likeness (QED) is 0.338. The van der Waals surface area contributed by atoms with Gasteiger partial charge in [-0.2, -0.15) is 0 Å². The van der Waals surface area contributed by atoms with Crippen molar-refractivity contribution >= 4 is 17.7 Å². The number of hydrogen-bond donors (Lipinski definition) is 4. The zero-order valence-electron chi connectivity index (χ0n) is 19.7. The number of carbonyl (C=O) groups excluding carboxylic acids is 3. The SMILES string of the molecule is CCC(CC)C(=O)N1CCCC1C(=O)NC(COCc1ccccc1)C(=O)NCC(O)CN. The van der Waals surface area contributed by atoms with Crippen LogP contribution >= 0.6 is 0 Å². The molecule has 0 aromatic heterocycles. The molecule has 184 valence electrons. The van der Waals surface area contributed by atoms with Crippen molar-refractivity contribution in [2.75, 3.05) is 26.2 Å². The Labute approximate surface area is 196 Å². The number of aliphatic hydroxyl groups is 1. The Morgan fingerprint density at radius 2 is 1.91 bits per heavy atom. The van der Waals surface area contributed by atoms with E-state index in [4.69, 9.17) is 10.5 Å². The van der Waals surface area contributed by atoms with Crippen molar-refractivity contribution in [1.29, 1.82) is 0 Å². The number of carbonyl (C=O) groups is 3. The topological polar surface area (TPSA) is 134 Å². The first-order valence-electron chi connectivity index (χ1n) is 11.8. The molecule has 1 saturated heterocycles. The fourth-order valence-corrected chi connectivity index (χ4v) is 3.92. The second-order valence-electron chi connectivity index (χ2n) is 8.40. The lowest BCUT2D eigenvalue weighted by molar-refractivity contribution is -0.142. The van der Waals surface area contributed by atoms with Crippen molar-refractivity contribution in [3.8, 4) is 0 Å². The van der Waals surface area contributed by atoms with Gasteiger partial charge in [-0.15, -0.1) is 0 Å². The molecule has 0 spiro atoms. The Morgan fingerprint density at radius 3 is 2.55 bits per heavy atom. The van der Waals surface area contributed by atoms with Gasteiger partial charge in [0.1, 0.15) is 12.1 Å². The number of nitrogens with two attached hydrogens (primary N) is 1. The summed E-state index contributed by atoms with van der Waals surface area (Å²) < 4.78 is 5.70. The van der Waals surface area contributed by atoms with Gasteiger partial charge in [-0.3, -0.25) is 14.4 Å². The fraction of sp³-hybridized carbons (Fsp3) is 0.625. The van der Waals surface area contributed by atoms with E-state index in [1.807, 2.05) is 44.2 Å². The van der Waals surface area contributed by atoms with Crippen LogP contribution < -0.4 is 16.4 Å². The number of nitrogens with zero attached hydrogens (tertiary/aromatic N) is 1. The molecule has 3 amide bonds. The molecule has 1 aromatic rings. The third-order valence-corrected chi connectivity index (χ3v) is 5.99. The van der Waals surface area contributed by atoms with Gasteiger partial charge in [-0.05, 0) is 31.2 Å². The molecule has 9 nitrogen and oxygen atoms in total. The molecule has 0 radical (unpaired) electrons. The van der Waals surface area contributed by atoms with Crippen molar-refractivity contribution in [2.45, 2.75) is 64.3 Å². The van der Waals surface area contributed by atoms with Crippen molar-refractivity contribution in [2.24, 2.45) is 11.7 Å². The van der Waals surface area contributed by atoms with Gasteiger partial charge in [0.15, 0.2) is 0 Å². The first-order valence-corrected chi connectivity index (χ1v) is 11.8. The number of ether oxygens (including phenoxy) is 1. The van der Waals surface area contributed by atoms with E-state index in [2.05, 4.69) is 10.6 Å². The third-order valence-electron chi connectivity index (χ3n) is 5.99. The Morgan fingerprint density at radius 1 is 1.21 bits per heavy atom. The van der Waals surface area contributed by atoms with Crippen molar-refractivity contribution < 1.29 is 24.2 Å². The van der Waals surface area contributed by atoms with E-state index in [1.165, 1.54) is 0 Å². The highest BCUT2D eigenvalue weighted by Gasteiger charge is 2.37. The summed E-state index contributed by atoms with van der Waals surface area (Å²) in [6.45, 7) is 4.71. The van der Waals surface area contributed by atoms with Gasteiger partial charge < -0.3 is 31.1 Å². The Kier molecular flexibility index (Phi) is 11.3. The highest BCUT2D eigenvalue weighted by atomic mass is 16.5. The van der Waals surface area contributed by atoms with Gasteiger partial charge in [-0.25, -0.2) is 0 Å². The van der Waals surface area contributed by atoms with E-state index in [1.54, 1.807) is 4.90 Å². The molecule has 1 aliphatic rings. The van der Waals surface area contributed by atoms with Gasteiger partial charge >= 0.3 is 0 Å². The lowest BCUT2D eigenvalue weighted by Crippen LogP contribution is -2.56. The molecule has 0 saturated carbocycles. The molecule has 1 aromatic carbocycles. The maximum atomic E-state index is 13.1. The normalized spacial score (nSPS) is 17.6. The number of aliphatic hydroxyl groups excluding tert-OH is 1. The van der Waals surface area contributed by atoms with Crippen LogP contribution in [0.2, 0.25) is 0 Å². The molecule has 33 heavy (non-hydrogen) atoms. The summed E-state index contributed by atoms with van der Waals surface area (Å²) in [6.07, 6.45) is 1.87. The molecule has 0 bridgehead atoms. The minimum atomic E-state index is -0.961. The number of rotatable bonds is 13. The molecule has 2 rings (SSSR count). The minimum absolute atomic E-state index is 0.00922. The molecule has 5 N–H and O–H groups in total. The Hall–Kier alpha value is -2.49. The average molecular weight is 463 g/mol. The molecule has 1 aliphatic heterocycles. The largest absolute Gasteiger partial charge is 0.390 e. The number of amides is 3. The number of likely N-dealkylation sites (tertiary alicyclic amines) is 1. The van der Waals surface area contributed by atoms with E-state index in [0.29, 0.717) is 13.0 Å². The second-order valence-corrected chi connectivity index (χ2v) is 8.40. The zero-order valence-corrected chi connectivity index (χ0v) is 19.7. The highest BCUT2D eigenvalue weighted by Crippen LogP contribution is 2.22. The van der Waals surface area contributed by atoms with E-state index in [0.717, 1.165) is 24.8 Å². The molecule has 1 fully saturated rings. The number of nitrogens with one attached hydrogen (secondary N) is 2. The van der Waals surface area contributed by atoms with E-state index < -0.39 is 24.1 Å². The molecule has 1 heterocycles. The van der Waals surface area contributed by atoms with Crippen LogP contribution in [0.1, 0.15) is 45.1 Å². The predicted octanol–water partition coefficient (Wildman–Crippen LogP) is 0.551. The summed E-state index contributed by atoms with van der Waals surface area (Å²) in [4.78, 5) is 40.4. The van der Waals surface area contributed by atoms with Crippen LogP contribution in [0.5, 0.6) is 0 Å². The Bertz CT molecular complexity index is 756. The van der Waals surface area contributed by atoms with Crippen LogP contribution in [0, 0.1) is 5.92 Å². The third kappa shape index (κ3) is 8.10. The van der Waals surface area contributed by atoms with Crippen LogP contribution in [0.15, 0.2) is 30.3 Å². The van der Waals surface area contributed by atoms with Gasteiger partial charge in [-0.1, -0.05) is 44.2 Å². The Balaban J connectivity index is 2.03. The smallest absolute Gasteiger partial charge is 0.245 e. The minimum Gasteiger partial charge on any atom is -0.390 e. The number of benzene rings is 1. The maximum Gasteiger partial charge on any atom is 0.245 e. The lowest BCUT2D eigenvalue weighted by atomic mass is 10.0. The van der Waals surface area contributed by atoms with Crippen LogP contribution in [0.4, 0.5) is 0 Å². The highest BCUT2D eigenvalue weighted by molar-refractivity contribution is 5.92. The van der Waals surface area contributed by atoms with Crippen molar-refractivity contribution in [3.05, 3.63) is 35.9 Å². The average Bonchev–Trinajstić information content (AvgIpc) is 3.33. The van der Waals surface area contributed by atoms with Crippen molar-refractivity contribution in [1.82, 2.24) is 15.5 Å². The first kappa shape index (κ1) is 26.8. The molecule has 3 atom stereocenters. The lowest BCUT2D eigenvalue weighted by Gasteiger charge is -2.29. The summed E-state index contributed by atoms with van der Waals surface area (Å²) in [5, 5.41) is 15.0. The zero-order chi connectivity index (χ0) is 24.2. The van der Waals surface area contributed by atoms with Gasteiger partial charge in [0, 0.05) is 25.6 Å². The van der Waals surface area contributed by atoms with E-state index in [-0.39, 0.29) is 44.0 Å². The fourth-order valence-electron chi connectivity index (χ4n) is 3.92. The van der Waals surface area contributed by atoms with Gasteiger partial charge in [0.2, 0.25) is 17.7 Å². The van der Waals surface area contributed by atoms with Crippen LogP contribution in [0.3, 0.4) is 0 Å². The molecule has 0 aliphatic carbocycles. The van der Waals surface area contributed by atoms with Crippen LogP contribution in [0.25, 0.3) is 0 Å². The van der Waals surface area contributed by atoms with E-state index >= 15 is 0 Å². The molecule has 9 heteroatoms. The van der Waals surface area contributed by atoms with Gasteiger partial charge in [0.05, 0.1) is 19.3 Å². The molecular formula is C24H38N4O5. The molecule has 3 unspecified atom stereocenters.